The maximum absolute atomic E-state index is 12.5. The second-order valence-corrected chi connectivity index (χ2v) is 6.41. The number of nitrogens with zero attached hydrogens (tertiary/aromatic N) is 1. The zero-order valence-electron chi connectivity index (χ0n) is 14.1. The number of anilines is 2. The van der Waals surface area contributed by atoms with E-state index in [1.165, 1.54) is 0 Å². The first-order valence-electron chi connectivity index (χ1n) is 8.00. The molecule has 3 rings (SSSR count). The number of carbonyl (C=O) groups is 2. The van der Waals surface area contributed by atoms with Crippen LogP contribution in [-0.4, -0.2) is 25.5 Å². The topological polar surface area (TPSA) is 58.6 Å². The fraction of sp³-hybridized carbons (Fsp3) is 0.263. The summed E-state index contributed by atoms with van der Waals surface area (Å²) in [5.74, 6) is 0.0944. The third-order valence-electron chi connectivity index (χ3n) is 4.41. The van der Waals surface area contributed by atoms with Crippen LogP contribution in [0, 0.1) is 12.8 Å². The molecule has 0 aliphatic carbocycles. The lowest BCUT2D eigenvalue weighted by molar-refractivity contribution is -0.122. The fourth-order valence-corrected chi connectivity index (χ4v) is 3.05. The second kappa shape index (κ2) is 7.15. The first-order chi connectivity index (χ1) is 12.0. The number of nitrogens with one attached hydrogen (secondary N) is 1. The van der Waals surface area contributed by atoms with Gasteiger partial charge in [-0.3, -0.25) is 9.59 Å². The molecule has 1 aliphatic heterocycles. The van der Waals surface area contributed by atoms with Crippen molar-refractivity contribution in [3.63, 3.8) is 0 Å². The van der Waals surface area contributed by atoms with Gasteiger partial charge in [0, 0.05) is 29.4 Å². The van der Waals surface area contributed by atoms with Crippen LogP contribution in [0.5, 0.6) is 5.75 Å². The molecule has 1 atom stereocenters. The summed E-state index contributed by atoms with van der Waals surface area (Å²) in [6.45, 7) is 2.21. The maximum Gasteiger partial charge on any atom is 0.229 e. The first kappa shape index (κ1) is 17.3. The number of hydrogen-bond donors (Lipinski definition) is 1. The smallest absolute Gasteiger partial charge is 0.229 e. The Balaban J connectivity index is 1.71. The number of amides is 2. The van der Waals surface area contributed by atoms with Crippen molar-refractivity contribution in [3.05, 3.63) is 53.1 Å². The number of ether oxygens (including phenoxy) is 1. The van der Waals surface area contributed by atoms with E-state index in [1.807, 2.05) is 19.1 Å². The number of halogens is 1. The van der Waals surface area contributed by atoms with Crippen LogP contribution >= 0.6 is 11.6 Å². The SMILES string of the molecule is COc1ccc(N2C[C@@H](C(=O)Nc3cccc(Cl)c3C)CC2=O)cc1. The molecular weight excluding hydrogens is 340 g/mol. The van der Waals surface area contributed by atoms with Gasteiger partial charge in [0.1, 0.15) is 5.75 Å². The molecule has 2 amide bonds. The summed E-state index contributed by atoms with van der Waals surface area (Å²) in [6, 6.07) is 12.6. The van der Waals surface area contributed by atoms with Gasteiger partial charge in [-0.05, 0) is 48.9 Å². The van der Waals surface area contributed by atoms with Gasteiger partial charge >= 0.3 is 0 Å². The number of benzene rings is 2. The van der Waals surface area contributed by atoms with E-state index in [1.54, 1.807) is 42.3 Å². The van der Waals surface area contributed by atoms with Gasteiger partial charge in [0.2, 0.25) is 11.8 Å². The Hall–Kier alpha value is -2.53. The molecule has 130 valence electrons. The third kappa shape index (κ3) is 3.61. The predicted octanol–water partition coefficient (Wildman–Crippen LogP) is 3.65. The van der Waals surface area contributed by atoms with Crippen molar-refractivity contribution in [3.8, 4) is 5.75 Å². The van der Waals surface area contributed by atoms with E-state index in [-0.39, 0.29) is 18.2 Å². The van der Waals surface area contributed by atoms with Crippen molar-refractivity contribution in [1.29, 1.82) is 0 Å². The number of carbonyl (C=O) groups excluding carboxylic acids is 2. The van der Waals surface area contributed by atoms with Gasteiger partial charge in [-0.2, -0.15) is 0 Å². The van der Waals surface area contributed by atoms with Crippen LogP contribution < -0.4 is 15.0 Å². The lowest BCUT2D eigenvalue weighted by atomic mass is 10.1. The molecule has 1 fully saturated rings. The standard InChI is InChI=1S/C19H19ClN2O3/c1-12-16(20)4-3-5-17(12)21-19(24)13-10-18(23)22(11-13)14-6-8-15(25-2)9-7-14/h3-9,13H,10-11H2,1-2H3,(H,21,24)/t13-/m0/s1. The maximum atomic E-state index is 12.5. The summed E-state index contributed by atoms with van der Waals surface area (Å²) in [5.41, 5.74) is 2.25. The summed E-state index contributed by atoms with van der Waals surface area (Å²) in [5, 5.41) is 3.48. The molecule has 0 aromatic heterocycles. The molecule has 0 radical (unpaired) electrons. The summed E-state index contributed by atoms with van der Waals surface area (Å²) < 4.78 is 5.13. The van der Waals surface area contributed by atoms with Crippen LogP contribution in [0.3, 0.4) is 0 Å². The normalized spacial score (nSPS) is 16.8. The van der Waals surface area contributed by atoms with Crippen LogP contribution in [0.1, 0.15) is 12.0 Å². The minimum Gasteiger partial charge on any atom is -0.497 e. The molecule has 5 nitrogen and oxygen atoms in total. The van der Waals surface area contributed by atoms with E-state index in [0.29, 0.717) is 17.3 Å². The average Bonchev–Trinajstić information content (AvgIpc) is 3.01. The van der Waals surface area contributed by atoms with Crippen molar-refractivity contribution >= 4 is 34.8 Å². The second-order valence-electron chi connectivity index (χ2n) is 6.01. The lowest BCUT2D eigenvalue weighted by Gasteiger charge is -2.17. The quantitative estimate of drug-likeness (QED) is 0.907. The Bertz CT molecular complexity index is 805. The van der Waals surface area contributed by atoms with Crippen molar-refractivity contribution in [2.24, 2.45) is 5.92 Å². The summed E-state index contributed by atoms with van der Waals surface area (Å²) >= 11 is 6.08. The predicted molar refractivity (Wildman–Crippen MR) is 98.3 cm³/mol. The molecule has 1 heterocycles. The van der Waals surface area contributed by atoms with Crippen LogP contribution in [0.4, 0.5) is 11.4 Å². The van der Waals surface area contributed by atoms with E-state index < -0.39 is 5.92 Å². The number of rotatable bonds is 4. The number of hydrogen-bond acceptors (Lipinski definition) is 3. The molecule has 25 heavy (non-hydrogen) atoms. The van der Waals surface area contributed by atoms with Gasteiger partial charge < -0.3 is 15.0 Å². The summed E-state index contributed by atoms with van der Waals surface area (Å²) in [7, 11) is 1.59. The molecule has 0 spiro atoms. The Morgan fingerprint density at radius 3 is 2.64 bits per heavy atom. The van der Waals surface area contributed by atoms with Gasteiger partial charge in [-0.25, -0.2) is 0 Å². The fourth-order valence-electron chi connectivity index (χ4n) is 2.87. The van der Waals surface area contributed by atoms with Crippen LogP contribution in [0.25, 0.3) is 0 Å². The Kier molecular flexibility index (Phi) is 4.95. The third-order valence-corrected chi connectivity index (χ3v) is 4.81. The lowest BCUT2D eigenvalue weighted by Crippen LogP contribution is -2.28. The van der Waals surface area contributed by atoms with Crippen LogP contribution in [-0.2, 0) is 9.59 Å². The molecule has 0 bridgehead atoms. The van der Waals surface area contributed by atoms with E-state index in [2.05, 4.69) is 5.32 Å². The number of methoxy groups -OCH3 is 1. The zero-order chi connectivity index (χ0) is 18.0. The Morgan fingerprint density at radius 2 is 1.96 bits per heavy atom. The van der Waals surface area contributed by atoms with E-state index in [4.69, 9.17) is 16.3 Å². The molecule has 0 unspecified atom stereocenters. The van der Waals surface area contributed by atoms with E-state index >= 15 is 0 Å². The van der Waals surface area contributed by atoms with E-state index in [9.17, 15) is 9.59 Å². The monoisotopic (exact) mass is 358 g/mol. The highest BCUT2D eigenvalue weighted by Gasteiger charge is 2.35. The molecule has 1 aliphatic rings. The van der Waals surface area contributed by atoms with Gasteiger partial charge in [-0.1, -0.05) is 17.7 Å². The highest BCUT2D eigenvalue weighted by molar-refractivity contribution is 6.31. The van der Waals surface area contributed by atoms with Gasteiger partial charge in [-0.15, -0.1) is 0 Å². The zero-order valence-corrected chi connectivity index (χ0v) is 14.8. The van der Waals surface area contributed by atoms with Crippen LogP contribution in [0.2, 0.25) is 5.02 Å². The minimum absolute atomic E-state index is 0.0619. The molecule has 1 N–H and O–H groups in total. The molecule has 2 aromatic rings. The van der Waals surface area contributed by atoms with Crippen molar-refractivity contribution < 1.29 is 14.3 Å². The van der Waals surface area contributed by atoms with Crippen LogP contribution in [0.15, 0.2) is 42.5 Å². The summed E-state index contributed by atoms with van der Waals surface area (Å²) in [4.78, 5) is 26.5. The minimum atomic E-state index is -0.395. The van der Waals surface area contributed by atoms with Crippen molar-refractivity contribution in [2.75, 3.05) is 23.9 Å². The molecule has 0 saturated carbocycles. The summed E-state index contributed by atoms with van der Waals surface area (Å²) in [6.07, 6.45) is 0.192. The molecular formula is C19H19ClN2O3. The van der Waals surface area contributed by atoms with Gasteiger partial charge in [0.15, 0.2) is 0 Å². The van der Waals surface area contributed by atoms with Crippen molar-refractivity contribution in [2.45, 2.75) is 13.3 Å². The molecule has 2 aromatic carbocycles. The largest absolute Gasteiger partial charge is 0.497 e. The highest BCUT2D eigenvalue weighted by Crippen LogP contribution is 2.29. The Morgan fingerprint density at radius 1 is 1.24 bits per heavy atom. The van der Waals surface area contributed by atoms with Gasteiger partial charge in [0.05, 0.1) is 13.0 Å². The average molecular weight is 359 g/mol. The van der Waals surface area contributed by atoms with E-state index in [0.717, 1.165) is 17.0 Å². The molecule has 1 saturated heterocycles. The van der Waals surface area contributed by atoms with Crippen molar-refractivity contribution in [1.82, 2.24) is 0 Å². The first-order valence-corrected chi connectivity index (χ1v) is 8.38. The highest BCUT2D eigenvalue weighted by atomic mass is 35.5. The molecule has 6 heteroatoms. The Labute approximate surface area is 151 Å². The van der Waals surface area contributed by atoms with Gasteiger partial charge in [0.25, 0.3) is 0 Å².